The molecule has 0 nitrogen and oxygen atoms in total. The minimum Gasteiger partial charge on any atom is -0.0625 e. The summed E-state index contributed by atoms with van der Waals surface area (Å²) in [6.07, 6.45) is 13.4. The van der Waals surface area contributed by atoms with E-state index in [0.29, 0.717) is 0 Å². The average molecular weight is 210 g/mol. The van der Waals surface area contributed by atoms with Crippen molar-refractivity contribution in [1.82, 2.24) is 0 Å². The molecule has 2 fully saturated rings. The van der Waals surface area contributed by atoms with Crippen molar-refractivity contribution in [2.45, 2.75) is 78.6 Å². The van der Waals surface area contributed by atoms with Crippen LogP contribution in [0.1, 0.15) is 78.6 Å². The zero-order valence-corrected chi connectivity index (χ0v) is 11.1. The minimum atomic E-state index is 0.935. The van der Waals surface area contributed by atoms with Gasteiger partial charge < -0.3 is 0 Å². The maximum absolute atomic E-state index is 2.36. The van der Waals surface area contributed by atoms with Crippen LogP contribution in [0.2, 0.25) is 0 Å². The van der Waals surface area contributed by atoms with Gasteiger partial charge in [-0.3, -0.25) is 0 Å². The molecule has 0 aromatic heterocycles. The summed E-state index contributed by atoms with van der Waals surface area (Å²) < 4.78 is 0. The lowest BCUT2D eigenvalue weighted by atomic mass is 9.82. The molecule has 0 heterocycles. The Balaban J connectivity index is 0.000000162. The predicted octanol–water partition coefficient (Wildman–Crippen LogP) is 5.42. The van der Waals surface area contributed by atoms with Gasteiger partial charge in [-0.15, -0.1) is 0 Å². The molecule has 90 valence electrons. The number of rotatable bonds is 1. The first-order valence-electron chi connectivity index (χ1n) is 7.20. The van der Waals surface area contributed by atoms with Gasteiger partial charge in [-0.1, -0.05) is 78.6 Å². The normalized spacial score (nSPS) is 24.0. The highest BCUT2D eigenvalue weighted by molar-refractivity contribution is 4.67. The molecular formula is C15H30. The van der Waals surface area contributed by atoms with E-state index in [9.17, 15) is 0 Å². The molecule has 2 aliphatic rings. The molecule has 0 bridgehead atoms. The van der Waals surface area contributed by atoms with E-state index in [2.05, 4.69) is 20.8 Å². The molecule has 0 unspecified atom stereocenters. The van der Waals surface area contributed by atoms with E-state index in [1.54, 1.807) is 0 Å². The summed E-state index contributed by atoms with van der Waals surface area (Å²) >= 11 is 0. The van der Waals surface area contributed by atoms with Crippen molar-refractivity contribution in [3.05, 3.63) is 0 Å². The largest absolute Gasteiger partial charge is 0.0625 e. The first-order valence-corrected chi connectivity index (χ1v) is 7.20. The molecule has 0 aliphatic heterocycles. The molecule has 0 N–H and O–H groups in total. The molecule has 0 amide bonds. The maximum Gasteiger partial charge on any atom is -0.0391 e. The molecule has 0 spiro atoms. The predicted molar refractivity (Wildman–Crippen MR) is 69.0 cm³/mol. The van der Waals surface area contributed by atoms with E-state index in [0.717, 1.165) is 17.8 Å². The summed E-state index contributed by atoms with van der Waals surface area (Å²) in [5.74, 6) is 3.04. The van der Waals surface area contributed by atoms with E-state index in [1.165, 1.54) is 57.8 Å². The molecule has 0 atom stereocenters. The van der Waals surface area contributed by atoms with Crippen molar-refractivity contribution in [3.63, 3.8) is 0 Å². The summed E-state index contributed by atoms with van der Waals surface area (Å²) in [6, 6.07) is 0. The standard InChI is InChI=1S/C9H18.C6H12/c1-8(2)9-6-4-3-5-7-9;1-6-4-2-3-5-6/h8-9H,3-7H2,1-2H3;6H,2-5H2,1H3. The van der Waals surface area contributed by atoms with Crippen molar-refractivity contribution in [2.75, 3.05) is 0 Å². The Labute approximate surface area is 96.8 Å². The molecule has 0 saturated heterocycles. The smallest absolute Gasteiger partial charge is 0.0391 e. The molecule has 15 heavy (non-hydrogen) atoms. The highest BCUT2D eigenvalue weighted by atomic mass is 14.2. The van der Waals surface area contributed by atoms with E-state index >= 15 is 0 Å². The average Bonchev–Trinajstić information content (AvgIpc) is 2.71. The lowest BCUT2D eigenvalue weighted by Gasteiger charge is -2.24. The fourth-order valence-electron chi connectivity index (χ4n) is 2.93. The first-order chi connectivity index (χ1) is 7.20. The zero-order chi connectivity index (χ0) is 11.1. The Morgan fingerprint density at radius 1 is 0.733 bits per heavy atom. The van der Waals surface area contributed by atoms with Crippen LogP contribution in [0.5, 0.6) is 0 Å². The fraction of sp³-hybridized carbons (Fsp3) is 1.00. The molecule has 2 saturated carbocycles. The third-order valence-corrected chi connectivity index (χ3v) is 4.24. The van der Waals surface area contributed by atoms with E-state index in [1.807, 2.05) is 0 Å². The summed E-state index contributed by atoms with van der Waals surface area (Å²) in [4.78, 5) is 0. The van der Waals surface area contributed by atoms with Gasteiger partial charge in [0.2, 0.25) is 0 Å². The third-order valence-electron chi connectivity index (χ3n) is 4.24. The second-order valence-electron chi connectivity index (χ2n) is 6.03. The third kappa shape index (κ3) is 5.58. The highest BCUT2D eigenvalue weighted by Crippen LogP contribution is 2.29. The summed E-state index contributed by atoms with van der Waals surface area (Å²) in [7, 11) is 0. The van der Waals surface area contributed by atoms with Crippen LogP contribution in [-0.2, 0) is 0 Å². The molecule has 0 aromatic rings. The molecule has 0 radical (unpaired) electrons. The Morgan fingerprint density at radius 3 is 1.47 bits per heavy atom. The van der Waals surface area contributed by atoms with Crippen LogP contribution >= 0.6 is 0 Å². The van der Waals surface area contributed by atoms with Crippen molar-refractivity contribution >= 4 is 0 Å². The molecule has 2 aliphatic carbocycles. The van der Waals surface area contributed by atoms with Crippen LogP contribution < -0.4 is 0 Å². The van der Waals surface area contributed by atoms with Gasteiger partial charge in [0.1, 0.15) is 0 Å². The lowest BCUT2D eigenvalue weighted by Crippen LogP contribution is -2.12. The second-order valence-corrected chi connectivity index (χ2v) is 6.03. The molecular weight excluding hydrogens is 180 g/mol. The number of hydrogen-bond acceptors (Lipinski definition) is 0. The SMILES string of the molecule is CC(C)C1CCCCC1.CC1CCCC1. The van der Waals surface area contributed by atoms with Crippen LogP contribution in [0.4, 0.5) is 0 Å². The van der Waals surface area contributed by atoms with Gasteiger partial charge in [0.15, 0.2) is 0 Å². The fourth-order valence-corrected chi connectivity index (χ4v) is 2.93. The Morgan fingerprint density at radius 2 is 1.20 bits per heavy atom. The zero-order valence-electron chi connectivity index (χ0n) is 11.1. The van der Waals surface area contributed by atoms with Crippen LogP contribution in [0.25, 0.3) is 0 Å². The lowest BCUT2D eigenvalue weighted by molar-refractivity contribution is 0.279. The van der Waals surface area contributed by atoms with Crippen molar-refractivity contribution < 1.29 is 0 Å². The van der Waals surface area contributed by atoms with Crippen LogP contribution in [0.15, 0.2) is 0 Å². The van der Waals surface area contributed by atoms with Gasteiger partial charge in [0, 0.05) is 0 Å². The van der Waals surface area contributed by atoms with Gasteiger partial charge in [0.25, 0.3) is 0 Å². The monoisotopic (exact) mass is 210 g/mol. The molecule has 0 aromatic carbocycles. The quantitative estimate of drug-likeness (QED) is 0.542. The summed E-state index contributed by atoms with van der Waals surface area (Å²) in [5, 5.41) is 0. The van der Waals surface area contributed by atoms with E-state index in [4.69, 9.17) is 0 Å². The maximum atomic E-state index is 2.36. The topological polar surface area (TPSA) is 0 Å². The van der Waals surface area contributed by atoms with Crippen LogP contribution in [-0.4, -0.2) is 0 Å². The highest BCUT2D eigenvalue weighted by Gasteiger charge is 2.15. The van der Waals surface area contributed by atoms with Crippen LogP contribution in [0.3, 0.4) is 0 Å². The Hall–Kier alpha value is 0. The second kappa shape index (κ2) is 7.30. The first kappa shape index (κ1) is 13.1. The van der Waals surface area contributed by atoms with Gasteiger partial charge in [-0.2, -0.15) is 0 Å². The van der Waals surface area contributed by atoms with E-state index < -0.39 is 0 Å². The minimum absolute atomic E-state index is 0.935. The summed E-state index contributed by atoms with van der Waals surface area (Å²) in [6.45, 7) is 7.05. The van der Waals surface area contributed by atoms with Gasteiger partial charge in [-0.25, -0.2) is 0 Å². The van der Waals surface area contributed by atoms with Crippen molar-refractivity contribution in [3.8, 4) is 0 Å². The van der Waals surface area contributed by atoms with E-state index in [-0.39, 0.29) is 0 Å². The van der Waals surface area contributed by atoms with Crippen molar-refractivity contribution in [2.24, 2.45) is 17.8 Å². The van der Waals surface area contributed by atoms with Gasteiger partial charge >= 0.3 is 0 Å². The molecule has 2 rings (SSSR count). The summed E-state index contributed by atoms with van der Waals surface area (Å²) in [5.41, 5.74) is 0. The Kier molecular flexibility index (Phi) is 6.36. The molecule has 0 heteroatoms. The Bertz CT molecular complexity index is 136. The number of hydrogen-bond donors (Lipinski definition) is 0. The van der Waals surface area contributed by atoms with Crippen LogP contribution in [0, 0.1) is 17.8 Å². The van der Waals surface area contributed by atoms with Gasteiger partial charge in [0.05, 0.1) is 0 Å². The van der Waals surface area contributed by atoms with Gasteiger partial charge in [-0.05, 0) is 17.8 Å². The van der Waals surface area contributed by atoms with Crippen molar-refractivity contribution in [1.29, 1.82) is 0 Å².